The van der Waals surface area contributed by atoms with Gasteiger partial charge in [0.2, 0.25) is 0 Å². The minimum absolute atomic E-state index is 0.770. The van der Waals surface area contributed by atoms with Gasteiger partial charge in [-0.05, 0) is 76.2 Å². The summed E-state index contributed by atoms with van der Waals surface area (Å²) in [5.41, 5.74) is 5.79. The lowest BCUT2D eigenvalue weighted by molar-refractivity contribution is 0.0722. The van der Waals surface area contributed by atoms with E-state index in [0.717, 1.165) is 25.7 Å². The summed E-state index contributed by atoms with van der Waals surface area (Å²) in [4.78, 5) is 2.60. The number of piperidine rings is 1. The maximum Gasteiger partial charge on any atom is 0.0495 e. The second kappa shape index (κ2) is 7.24. The molecule has 0 unspecified atom stereocenters. The van der Waals surface area contributed by atoms with E-state index in [1.54, 1.807) is 0 Å². The molecule has 1 aromatic rings. The van der Waals surface area contributed by atoms with Crippen molar-refractivity contribution in [2.75, 3.05) is 26.3 Å². The lowest BCUT2D eigenvalue weighted by Crippen LogP contribution is -2.35. The van der Waals surface area contributed by atoms with Crippen molar-refractivity contribution in [2.45, 2.75) is 47.1 Å². The molecule has 0 amide bonds. The highest BCUT2D eigenvalue weighted by atomic mass is 16.5. The summed E-state index contributed by atoms with van der Waals surface area (Å²) in [5, 5.41) is 0. The number of likely N-dealkylation sites (tertiary alicyclic amines) is 1. The first kappa shape index (κ1) is 15.5. The van der Waals surface area contributed by atoms with Crippen molar-refractivity contribution >= 4 is 0 Å². The Morgan fingerprint density at radius 3 is 2.25 bits per heavy atom. The number of hydrogen-bond acceptors (Lipinski definition) is 2. The summed E-state index contributed by atoms with van der Waals surface area (Å²) in [5.74, 6) is 0.770. The van der Waals surface area contributed by atoms with Crippen LogP contribution < -0.4 is 0 Å². The average Bonchev–Trinajstić information content (AvgIpc) is 2.42. The van der Waals surface area contributed by atoms with E-state index in [1.165, 1.54) is 48.2 Å². The predicted molar refractivity (Wildman–Crippen MR) is 85.1 cm³/mol. The largest absolute Gasteiger partial charge is 0.381 e. The quantitative estimate of drug-likeness (QED) is 0.809. The molecule has 0 aliphatic carbocycles. The summed E-state index contributed by atoms with van der Waals surface area (Å²) in [6.07, 6.45) is 2.56. The predicted octanol–water partition coefficient (Wildman–Crippen LogP) is 3.86. The highest BCUT2D eigenvalue weighted by Crippen LogP contribution is 2.23. The third-order valence-corrected chi connectivity index (χ3v) is 4.49. The van der Waals surface area contributed by atoms with E-state index in [0.29, 0.717) is 0 Å². The third-order valence-electron chi connectivity index (χ3n) is 4.49. The highest BCUT2D eigenvalue weighted by molar-refractivity contribution is 5.37. The van der Waals surface area contributed by atoms with Gasteiger partial charge in [-0.2, -0.15) is 0 Å². The summed E-state index contributed by atoms with van der Waals surface area (Å²) in [6, 6.07) is 4.62. The first-order valence-electron chi connectivity index (χ1n) is 7.97. The number of rotatable bonds is 5. The SMILES string of the molecule is CCOCC1CCN(Cc2c(C)cc(C)cc2C)CC1. The van der Waals surface area contributed by atoms with Crippen LogP contribution in [0.3, 0.4) is 0 Å². The molecule has 1 fully saturated rings. The monoisotopic (exact) mass is 275 g/mol. The van der Waals surface area contributed by atoms with Crippen LogP contribution in [0.1, 0.15) is 42.0 Å². The number of nitrogens with zero attached hydrogens (tertiary/aromatic N) is 1. The Morgan fingerprint density at radius 1 is 1.10 bits per heavy atom. The molecule has 0 atom stereocenters. The second-order valence-corrected chi connectivity index (χ2v) is 6.26. The van der Waals surface area contributed by atoms with Gasteiger partial charge in [-0.25, -0.2) is 0 Å². The smallest absolute Gasteiger partial charge is 0.0495 e. The van der Waals surface area contributed by atoms with Crippen LogP contribution in [-0.4, -0.2) is 31.2 Å². The van der Waals surface area contributed by atoms with Crippen LogP contribution in [0.15, 0.2) is 12.1 Å². The molecule has 1 heterocycles. The molecule has 0 aromatic heterocycles. The van der Waals surface area contributed by atoms with Crippen LogP contribution in [-0.2, 0) is 11.3 Å². The minimum Gasteiger partial charge on any atom is -0.381 e. The van der Waals surface area contributed by atoms with Crippen molar-refractivity contribution in [2.24, 2.45) is 5.92 Å². The van der Waals surface area contributed by atoms with E-state index in [1.807, 2.05) is 0 Å². The molecule has 1 aliphatic heterocycles. The number of aryl methyl sites for hydroxylation is 3. The number of ether oxygens (including phenoxy) is 1. The zero-order valence-electron chi connectivity index (χ0n) is 13.5. The van der Waals surface area contributed by atoms with Crippen LogP contribution in [0.25, 0.3) is 0 Å². The topological polar surface area (TPSA) is 12.5 Å². The van der Waals surface area contributed by atoms with Crippen molar-refractivity contribution in [1.29, 1.82) is 0 Å². The Morgan fingerprint density at radius 2 is 1.70 bits per heavy atom. The van der Waals surface area contributed by atoms with Crippen LogP contribution in [0, 0.1) is 26.7 Å². The molecule has 2 rings (SSSR count). The number of hydrogen-bond donors (Lipinski definition) is 0. The Hall–Kier alpha value is -0.860. The fourth-order valence-corrected chi connectivity index (χ4v) is 3.28. The van der Waals surface area contributed by atoms with Crippen molar-refractivity contribution in [3.63, 3.8) is 0 Å². The first-order chi connectivity index (χ1) is 9.60. The maximum absolute atomic E-state index is 5.56. The molecule has 0 bridgehead atoms. The van der Waals surface area contributed by atoms with Gasteiger partial charge in [0.15, 0.2) is 0 Å². The normalized spacial score (nSPS) is 17.6. The van der Waals surface area contributed by atoms with Crippen molar-refractivity contribution in [3.8, 4) is 0 Å². The lowest BCUT2D eigenvalue weighted by Gasteiger charge is -2.32. The maximum atomic E-state index is 5.56. The van der Waals surface area contributed by atoms with Gasteiger partial charge in [-0.1, -0.05) is 17.7 Å². The molecule has 20 heavy (non-hydrogen) atoms. The Balaban J connectivity index is 1.90. The molecule has 2 heteroatoms. The molecule has 112 valence electrons. The Labute approximate surface area is 124 Å². The highest BCUT2D eigenvalue weighted by Gasteiger charge is 2.20. The van der Waals surface area contributed by atoms with Gasteiger partial charge in [0, 0.05) is 19.8 Å². The molecule has 2 nitrogen and oxygen atoms in total. The first-order valence-corrected chi connectivity index (χ1v) is 7.97. The van der Waals surface area contributed by atoms with E-state index < -0.39 is 0 Å². The standard InChI is InChI=1S/C18H29NO/c1-5-20-13-17-6-8-19(9-7-17)12-18-15(3)10-14(2)11-16(18)4/h10-11,17H,5-9,12-13H2,1-4H3. The van der Waals surface area contributed by atoms with Gasteiger partial charge in [-0.15, -0.1) is 0 Å². The Kier molecular flexibility index (Phi) is 5.62. The van der Waals surface area contributed by atoms with Gasteiger partial charge < -0.3 is 4.74 Å². The van der Waals surface area contributed by atoms with Gasteiger partial charge >= 0.3 is 0 Å². The molecule has 0 radical (unpaired) electrons. The summed E-state index contributed by atoms with van der Waals surface area (Å²) in [7, 11) is 0. The number of benzene rings is 1. The van der Waals surface area contributed by atoms with Crippen LogP contribution in [0.4, 0.5) is 0 Å². The Bertz CT molecular complexity index is 410. The van der Waals surface area contributed by atoms with Crippen molar-refractivity contribution in [1.82, 2.24) is 4.90 Å². The second-order valence-electron chi connectivity index (χ2n) is 6.26. The molecular weight excluding hydrogens is 246 g/mol. The van der Waals surface area contributed by atoms with E-state index in [-0.39, 0.29) is 0 Å². The molecule has 1 aliphatic rings. The molecular formula is C18H29NO. The summed E-state index contributed by atoms with van der Waals surface area (Å²) in [6.45, 7) is 14.1. The zero-order chi connectivity index (χ0) is 14.5. The average molecular weight is 275 g/mol. The van der Waals surface area contributed by atoms with E-state index in [9.17, 15) is 0 Å². The summed E-state index contributed by atoms with van der Waals surface area (Å²) < 4.78 is 5.56. The van der Waals surface area contributed by atoms with Gasteiger partial charge in [0.25, 0.3) is 0 Å². The van der Waals surface area contributed by atoms with E-state index in [2.05, 4.69) is 44.7 Å². The fourth-order valence-electron chi connectivity index (χ4n) is 3.28. The van der Waals surface area contributed by atoms with Crippen LogP contribution >= 0.6 is 0 Å². The van der Waals surface area contributed by atoms with E-state index >= 15 is 0 Å². The fraction of sp³-hybridized carbons (Fsp3) is 0.667. The van der Waals surface area contributed by atoms with Crippen molar-refractivity contribution < 1.29 is 4.74 Å². The molecule has 0 N–H and O–H groups in total. The molecule has 0 saturated carbocycles. The van der Waals surface area contributed by atoms with Crippen LogP contribution in [0.2, 0.25) is 0 Å². The lowest BCUT2D eigenvalue weighted by atomic mass is 9.95. The summed E-state index contributed by atoms with van der Waals surface area (Å²) >= 11 is 0. The molecule has 1 aromatic carbocycles. The van der Waals surface area contributed by atoms with Crippen molar-refractivity contribution in [3.05, 3.63) is 34.4 Å². The van der Waals surface area contributed by atoms with Gasteiger partial charge in [0.1, 0.15) is 0 Å². The minimum atomic E-state index is 0.770. The van der Waals surface area contributed by atoms with Crippen LogP contribution in [0.5, 0.6) is 0 Å². The molecule has 0 spiro atoms. The third kappa shape index (κ3) is 4.07. The van der Waals surface area contributed by atoms with E-state index in [4.69, 9.17) is 4.74 Å². The van der Waals surface area contributed by atoms with Gasteiger partial charge in [0.05, 0.1) is 0 Å². The molecule has 1 saturated heterocycles. The zero-order valence-corrected chi connectivity index (χ0v) is 13.5. The van der Waals surface area contributed by atoms with Gasteiger partial charge in [-0.3, -0.25) is 4.90 Å².